The third kappa shape index (κ3) is 10.9. The maximum atomic E-state index is 6.21. The first-order valence-corrected chi connectivity index (χ1v) is 14.5. The molecule has 214 valence electrons. The summed E-state index contributed by atoms with van der Waals surface area (Å²) in [4.78, 5) is 9.65. The number of aromatic nitrogens is 1. The number of anilines is 4. The summed E-state index contributed by atoms with van der Waals surface area (Å²) < 4.78 is 11.7. The molecule has 1 aliphatic heterocycles. The van der Waals surface area contributed by atoms with Gasteiger partial charge in [0.25, 0.3) is 0 Å². The number of morpholine rings is 1. The van der Waals surface area contributed by atoms with Crippen LogP contribution in [0.15, 0.2) is 36.4 Å². The van der Waals surface area contributed by atoms with Crippen molar-refractivity contribution in [3.05, 3.63) is 42.0 Å². The number of nitrogens with one attached hydrogen (secondary N) is 1. The van der Waals surface area contributed by atoms with Gasteiger partial charge in [-0.1, -0.05) is 47.6 Å². The van der Waals surface area contributed by atoms with Crippen LogP contribution in [0.4, 0.5) is 23.0 Å². The van der Waals surface area contributed by atoms with Crippen LogP contribution in [0.3, 0.4) is 0 Å². The standard InChI is InChI=1S/C27H41N5O2.2C2H6/c1-5-10-32(11-6-2)27-20-23(34-17-14-31-12-15-33-16-13-31)19-26(30-27)29-22-8-9-25(28)24(18-22)21(4)7-3;2*1-2/h7-9,18-20H,5-6,10-17,28H2,1-4H3,(H,29,30);2*1-2H3/b21-7+;;. The van der Waals surface area contributed by atoms with Crippen molar-refractivity contribution in [2.45, 2.75) is 68.2 Å². The number of nitrogens with zero attached hydrogens (tertiary/aromatic N) is 3. The molecule has 0 saturated carbocycles. The molecule has 2 aromatic rings. The van der Waals surface area contributed by atoms with Gasteiger partial charge in [-0.25, -0.2) is 4.98 Å². The monoisotopic (exact) mass is 527 g/mol. The number of pyridine rings is 1. The Morgan fingerprint density at radius 3 is 2.34 bits per heavy atom. The average Bonchev–Trinajstić information content (AvgIpc) is 2.96. The maximum Gasteiger partial charge on any atom is 0.136 e. The van der Waals surface area contributed by atoms with E-state index in [0.717, 1.165) is 98.7 Å². The topological polar surface area (TPSA) is 75.9 Å². The minimum absolute atomic E-state index is 0.636. The minimum atomic E-state index is 0.636. The Labute approximate surface area is 232 Å². The second-order valence-electron chi connectivity index (χ2n) is 8.73. The number of nitrogen functional groups attached to an aromatic ring is 1. The van der Waals surface area contributed by atoms with Gasteiger partial charge in [-0.3, -0.25) is 4.90 Å². The Morgan fingerprint density at radius 1 is 1.08 bits per heavy atom. The summed E-state index contributed by atoms with van der Waals surface area (Å²) in [7, 11) is 0. The molecule has 3 N–H and O–H groups in total. The van der Waals surface area contributed by atoms with Gasteiger partial charge in [0.15, 0.2) is 0 Å². The Kier molecular flexibility index (Phi) is 16.9. The molecule has 7 nitrogen and oxygen atoms in total. The van der Waals surface area contributed by atoms with Gasteiger partial charge in [0.2, 0.25) is 0 Å². The van der Waals surface area contributed by atoms with Crippen LogP contribution in [-0.2, 0) is 4.74 Å². The van der Waals surface area contributed by atoms with Crippen LogP contribution in [0.1, 0.15) is 73.8 Å². The smallest absolute Gasteiger partial charge is 0.136 e. The van der Waals surface area contributed by atoms with E-state index in [-0.39, 0.29) is 0 Å². The zero-order valence-corrected chi connectivity index (χ0v) is 25.3. The van der Waals surface area contributed by atoms with Crippen LogP contribution in [0.5, 0.6) is 5.75 Å². The third-order valence-electron chi connectivity index (χ3n) is 6.06. The number of allylic oxidation sites excluding steroid dienone is 2. The molecule has 1 fully saturated rings. The molecule has 7 heteroatoms. The van der Waals surface area contributed by atoms with Gasteiger partial charge in [-0.2, -0.15) is 0 Å². The molecule has 1 saturated heterocycles. The molecule has 1 aromatic heterocycles. The van der Waals surface area contributed by atoms with Gasteiger partial charge in [0.1, 0.15) is 24.0 Å². The predicted octanol–water partition coefficient (Wildman–Crippen LogP) is 7.22. The molecule has 1 aromatic carbocycles. The van der Waals surface area contributed by atoms with E-state index >= 15 is 0 Å². The summed E-state index contributed by atoms with van der Waals surface area (Å²) in [6.07, 6.45) is 4.20. The Hall–Kier alpha value is -2.77. The van der Waals surface area contributed by atoms with Gasteiger partial charge in [-0.15, -0.1) is 0 Å². The highest BCUT2D eigenvalue weighted by atomic mass is 16.5. The minimum Gasteiger partial charge on any atom is -0.492 e. The second-order valence-corrected chi connectivity index (χ2v) is 8.73. The number of benzene rings is 1. The Balaban J connectivity index is 0.00000172. The molecule has 0 atom stereocenters. The zero-order chi connectivity index (χ0) is 28.3. The lowest BCUT2D eigenvalue weighted by Gasteiger charge is -2.27. The zero-order valence-electron chi connectivity index (χ0n) is 25.3. The van der Waals surface area contributed by atoms with Crippen LogP contribution < -0.4 is 20.7 Å². The third-order valence-corrected chi connectivity index (χ3v) is 6.06. The number of rotatable bonds is 12. The van der Waals surface area contributed by atoms with Crippen molar-refractivity contribution in [3.63, 3.8) is 0 Å². The average molecular weight is 528 g/mol. The van der Waals surface area contributed by atoms with E-state index in [1.54, 1.807) is 0 Å². The van der Waals surface area contributed by atoms with Crippen molar-refractivity contribution in [2.75, 3.05) is 68.5 Å². The first-order chi connectivity index (χ1) is 18.5. The maximum absolute atomic E-state index is 6.21. The van der Waals surface area contributed by atoms with E-state index in [1.807, 2.05) is 52.8 Å². The quantitative estimate of drug-likeness (QED) is 0.282. The molecule has 38 heavy (non-hydrogen) atoms. The number of ether oxygens (including phenoxy) is 2. The lowest BCUT2D eigenvalue weighted by molar-refractivity contribution is 0.0322. The fraction of sp³-hybridized carbons (Fsp3) is 0.581. The molecule has 1 aliphatic rings. The van der Waals surface area contributed by atoms with Crippen molar-refractivity contribution < 1.29 is 9.47 Å². The molecule has 3 rings (SSSR count). The summed E-state index contributed by atoms with van der Waals surface area (Å²) in [5.41, 5.74) is 10.1. The van der Waals surface area contributed by atoms with Crippen LogP contribution >= 0.6 is 0 Å². The van der Waals surface area contributed by atoms with Gasteiger partial charge in [0, 0.05) is 61.8 Å². The lowest BCUT2D eigenvalue weighted by atomic mass is 10.0. The van der Waals surface area contributed by atoms with Crippen LogP contribution in [0.2, 0.25) is 0 Å². The van der Waals surface area contributed by atoms with Crippen molar-refractivity contribution in [1.29, 1.82) is 0 Å². The number of nitrogens with two attached hydrogens (primary N) is 1. The largest absolute Gasteiger partial charge is 0.492 e. The van der Waals surface area contributed by atoms with Gasteiger partial charge < -0.3 is 25.4 Å². The second kappa shape index (κ2) is 19.3. The normalized spacial score (nSPS) is 13.5. The molecule has 2 heterocycles. The van der Waals surface area contributed by atoms with Crippen molar-refractivity contribution in [1.82, 2.24) is 9.88 Å². The summed E-state index contributed by atoms with van der Waals surface area (Å²) in [5, 5.41) is 3.48. The molecule has 0 unspecified atom stereocenters. The van der Waals surface area contributed by atoms with E-state index in [4.69, 9.17) is 20.2 Å². The molecule has 0 aliphatic carbocycles. The first kappa shape index (κ1) is 33.3. The van der Waals surface area contributed by atoms with E-state index in [1.165, 1.54) is 0 Å². The molecule has 0 radical (unpaired) electrons. The first-order valence-electron chi connectivity index (χ1n) is 14.5. The van der Waals surface area contributed by atoms with Crippen molar-refractivity contribution in [2.24, 2.45) is 0 Å². The Bertz CT molecular complexity index is 936. The summed E-state index contributed by atoms with van der Waals surface area (Å²) >= 11 is 0. The predicted molar refractivity (Wildman–Crippen MR) is 166 cm³/mol. The molecular weight excluding hydrogens is 474 g/mol. The van der Waals surface area contributed by atoms with Crippen LogP contribution in [-0.4, -0.2) is 62.4 Å². The van der Waals surface area contributed by atoms with Gasteiger partial charge >= 0.3 is 0 Å². The van der Waals surface area contributed by atoms with Crippen molar-refractivity contribution in [3.8, 4) is 5.75 Å². The number of hydrogen-bond acceptors (Lipinski definition) is 7. The van der Waals surface area contributed by atoms with E-state index in [9.17, 15) is 0 Å². The lowest BCUT2D eigenvalue weighted by Crippen LogP contribution is -2.38. The van der Waals surface area contributed by atoms with E-state index in [2.05, 4.69) is 54.1 Å². The summed E-state index contributed by atoms with van der Waals surface area (Å²) in [6.45, 7) is 23.5. The van der Waals surface area contributed by atoms with Gasteiger partial charge in [-0.05, 0) is 50.5 Å². The molecule has 0 spiro atoms. The van der Waals surface area contributed by atoms with Crippen molar-refractivity contribution >= 4 is 28.6 Å². The van der Waals surface area contributed by atoms with Gasteiger partial charge in [0.05, 0.1) is 13.2 Å². The highest BCUT2D eigenvalue weighted by molar-refractivity contribution is 5.78. The molecule has 0 amide bonds. The fourth-order valence-corrected chi connectivity index (χ4v) is 4.08. The number of hydrogen-bond donors (Lipinski definition) is 2. The molecule has 0 bridgehead atoms. The summed E-state index contributed by atoms with van der Waals surface area (Å²) in [5.74, 6) is 2.54. The molecular formula is C31H53N5O2. The SMILES string of the molecule is C/C=C(\C)c1cc(Nc2cc(OCCN3CCOCC3)cc(N(CCC)CCC)n2)ccc1N.CC.CC. The van der Waals surface area contributed by atoms with E-state index in [0.29, 0.717) is 6.61 Å². The van der Waals surface area contributed by atoms with E-state index < -0.39 is 0 Å². The highest BCUT2D eigenvalue weighted by Gasteiger charge is 2.13. The summed E-state index contributed by atoms with van der Waals surface area (Å²) in [6, 6.07) is 10.1. The fourth-order valence-electron chi connectivity index (χ4n) is 4.08. The van der Waals surface area contributed by atoms with Crippen LogP contribution in [0.25, 0.3) is 5.57 Å². The highest BCUT2D eigenvalue weighted by Crippen LogP contribution is 2.29. The Morgan fingerprint density at radius 2 is 1.74 bits per heavy atom. The van der Waals surface area contributed by atoms with Crippen LogP contribution in [0, 0.1) is 0 Å².